The first kappa shape index (κ1) is 29.8. The van der Waals surface area contributed by atoms with Gasteiger partial charge in [-0.1, -0.05) is 78.3 Å². The fourth-order valence-corrected chi connectivity index (χ4v) is 7.21. The summed E-state index contributed by atoms with van der Waals surface area (Å²) in [6.07, 6.45) is 7.13. The van der Waals surface area contributed by atoms with Crippen molar-refractivity contribution < 1.29 is 15.3 Å². The van der Waals surface area contributed by atoms with E-state index in [2.05, 4.69) is 42.5 Å². The van der Waals surface area contributed by atoms with Gasteiger partial charge in [-0.05, 0) is 97.2 Å². The van der Waals surface area contributed by atoms with Crippen LogP contribution in [0.4, 0.5) is 0 Å². The molecule has 0 bridgehead atoms. The average Bonchev–Trinajstić information content (AvgIpc) is 3.70. The van der Waals surface area contributed by atoms with E-state index in [1.54, 1.807) is 0 Å². The molecule has 4 nitrogen and oxygen atoms in total. The van der Waals surface area contributed by atoms with Gasteiger partial charge in [0.15, 0.2) is 6.29 Å². The van der Waals surface area contributed by atoms with Crippen molar-refractivity contribution in [2.45, 2.75) is 63.1 Å². The summed E-state index contributed by atoms with van der Waals surface area (Å²) in [7, 11) is 0. The van der Waals surface area contributed by atoms with Gasteiger partial charge in [-0.2, -0.15) is 11.8 Å². The minimum Gasteiger partial charge on any atom is -0.386 e. The lowest BCUT2D eigenvalue weighted by Gasteiger charge is -2.25. The van der Waals surface area contributed by atoms with Crippen LogP contribution in [0.1, 0.15) is 72.7 Å². The lowest BCUT2D eigenvalue weighted by molar-refractivity contribution is -0.0568. The molecule has 1 aliphatic rings. The van der Waals surface area contributed by atoms with Crippen LogP contribution in [0.15, 0.2) is 78.9 Å². The number of aliphatic hydroxyl groups is 3. The molecule has 1 heterocycles. The molecule has 214 valence electrons. The number of aliphatic hydroxyl groups excluding tert-OH is 1. The topological polar surface area (TPSA) is 73.6 Å². The molecule has 0 radical (unpaired) electrons. The van der Waals surface area contributed by atoms with Crippen LogP contribution < -0.4 is 0 Å². The van der Waals surface area contributed by atoms with Crippen molar-refractivity contribution in [1.82, 2.24) is 4.98 Å². The number of hydrogen-bond acceptors (Lipinski definition) is 5. The van der Waals surface area contributed by atoms with E-state index < -0.39 is 11.9 Å². The highest BCUT2D eigenvalue weighted by atomic mass is 35.5. The summed E-state index contributed by atoms with van der Waals surface area (Å²) in [5.74, 6) is 0.895. The molecule has 6 heteroatoms. The number of aromatic nitrogens is 1. The van der Waals surface area contributed by atoms with Crippen molar-refractivity contribution >= 4 is 46.4 Å². The molecular weight excluding hydrogens is 550 g/mol. The van der Waals surface area contributed by atoms with E-state index in [1.165, 1.54) is 5.56 Å². The molecular formula is C35H38ClNO3S. The minimum atomic E-state index is -1.26. The first-order chi connectivity index (χ1) is 19.6. The van der Waals surface area contributed by atoms with Crippen molar-refractivity contribution in [2.24, 2.45) is 5.41 Å². The van der Waals surface area contributed by atoms with Gasteiger partial charge in [0.05, 0.1) is 16.8 Å². The van der Waals surface area contributed by atoms with Gasteiger partial charge in [0.1, 0.15) is 0 Å². The maximum Gasteiger partial charge on any atom is 0.152 e. The summed E-state index contributed by atoms with van der Waals surface area (Å²) in [6, 6.07) is 26.6. The van der Waals surface area contributed by atoms with Crippen LogP contribution in [0, 0.1) is 5.41 Å². The third-order valence-corrected chi connectivity index (χ3v) is 9.84. The van der Waals surface area contributed by atoms with Crippen LogP contribution in [0.5, 0.6) is 0 Å². The molecule has 0 spiro atoms. The van der Waals surface area contributed by atoms with Crippen molar-refractivity contribution in [3.63, 3.8) is 0 Å². The van der Waals surface area contributed by atoms with E-state index in [0.29, 0.717) is 11.4 Å². The molecule has 1 saturated carbocycles. The maximum atomic E-state index is 10.7. The number of hydrogen-bond donors (Lipinski definition) is 3. The van der Waals surface area contributed by atoms with Gasteiger partial charge in [0.25, 0.3) is 0 Å². The molecule has 1 aliphatic carbocycles. The summed E-state index contributed by atoms with van der Waals surface area (Å²) >= 11 is 8.08. The number of rotatable bonds is 12. The Hall–Kier alpha value is -2.67. The molecule has 4 aromatic rings. The summed E-state index contributed by atoms with van der Waals surface area (Å²) < 4.78 is 0. The second kappa shape index (κ2) is 12.7. The van der Waals surface area contributed by atoms with E-state index >= 15 is 0 Å². The smallest absolute Gasteiger partial charge is 0.152 e. The van der Waals surface area contributed by atoms with Gasteiger partial charge < -0.3 is 15.3 Å². The van der Waals surface area contributed by atoms with Gasteiger partial charge in [-0.15, -0.1) is 0 Å². The number of aryl methyl sites for hydroxylation is 1. The monoisotopic (exact) mass is 587 g/mol. The van der Waals surface area contributed by atoms with E-state index in [4.69, 9.17) is 16.6 Å². The molecule has 5 rings (SSSR count). The van der Waals surface area contributed by atoms with E-state index in [9.17, 15) is 15.3 Å². The maximum absolute atomic E-state index is 10.7. The number of thioether (sulfide) groups is 1. The number of fused-ring (bicyclic) bond motifs is 1. The van der Waals surface area contributed by atoms with Gasteiger partial charge in [0.2, 0.25) is 0 Å². The average molecular weight is 588 g/mol. The molecule has 3 aromatic carbocycles. The number of halogens is 1. The van der Waals surface area contributed by atoms with Crippen LogP contribution in [0.25, 0.3) is 23.1 Å². The Bertz CT molecular complexity index is 1520. The van der Waals surface area contributed by atoms with Crippen LogP contribution in [0.3, 0.4) is 0 Å². The number of nitrogens with zero attached hydrogens (tertiary/aromatic N) is 1. The minimum absolute atomic E-state index is 0.0181. The van der Waals surface area contributed by atoms with Crippen molar-refractivity contribution in [3.05, 3.63) is 112 Å². The summed E-state index contributed by atoms with van der Waals surface area (Å²) in [5.41, 5.74) is 5.34. The van der Waals surface area contributed by atoms with E-state index in [1.807, 2.05) is 74.1 Å². The first-order valence-electron chi connectivity index (χ1n) is 14.2. The third kappa shape index (κ3) is 8.00. The fourth-order valence-electron chi connectivity index (χ4n) is 5.46. The second-order valence-corrected chi connectivity index (χ2v) is 13.4. The van der Waals surface area contributed by atoms with Gasteiger partial charge in [0, 0.05) is 22.1 Å². The summed E-state index contributed by atoms with van der Waals surface area (Å²) in [5, 5.41) is 32.0. The molecule has 41 heavy (non-hydrogen) atoms. The van der Waals surface area contributed by atoms with Crippen LogP contribution in [-0.4, -0.2) is 32.3 Å². The molecule has 0 aliphatic heterocycles. The summed E-state index contributed by atoms with van der Waals surface area (Å²) in [6.45, 7) is 3.67. The zero-order valence-electron chi connectivity index (χ0n) is 23.6. The zero-order valence-corrected chi connectivity index (χ0v) is 25.2. The summed E-state index contributed by atoms with van der Waals surface area (Å²) in [4.78, 5) is 4.75. The molecule has 0 amide bonds. The highest BCUT2D eigenvalue weighted by Gasteiger charge is 2.44. The Morgan fingerprint density at radius 1 is 0.976 bits per heavy atom. The Balaban J connectivity index is 1.37. The Kier molecular flexibility index (Phi) is 9.22. The number of benzene rings is 3. The van der Waals surface area contributed by atoms with Crippen LogP contribution in [-0.2, 0) is 12.0 Å². The van der Waals surface area contributed by atoms with Crippen molar-refractivity contribution in [3.8, 4) is 0 Å². The quantitative estimate of drug-likeness (QED) is 0.146. The van der Waals surface area contributed by atoms with Crippen LogP contribution in [0.2, 0.25) is 5.02 Å². The van der Waals surface area contributed by atoms with Crippen molar-refractivity contribution in [2.75, 3.05) is 5.75 Å². The predicted octanol–water partition coefficient (Wildman–Crippen LogP) is 8.17. The third-order valence-electron chi connectivity index (χ3n) is 7.92. The molecule has 3 N–H and O–H groups in total. The fraction of sp³-hybridized carbons (Fsp3) is 0.343. The Morgan fingerprint density at radius 3 is 2.51 bits per heavy atom. The lowest BCUT2D eigenvalue weighted by Crippen LogP contribution is -2.18. The normalized spacial score (nSPS) is 15.6. The Morgan fingerprint density at radius 2 is 1.76 bits per heavy atom. The second-order valence-electron chi connectivity index (χ2n) is 11.8. The lowest BCUT2D eigenvalue weighted by atomic mass is 9.90. The highest BCUT2D eigenvalue weighted by molar-refractivity contribution is 7.99. The van der Waals surface area contributed by atoms with Gasteiger partial charge in [-0.3, -0.25) is 0 Å². The molecule has 1 atom stereocenters. The SMILES string of the molecule is CC(C)(O)c1ccccc1CC[C@@H](SCC1(CC(O)O)CC1)c1cccc(/C=C/c2ccc3ccc(Cl)cc3n2)c1. The largest absolute Gasteiger partial charge is 0.386 e. The Labute approximate surface area is 252 Å². The molecule has 1 aromatic heterocycles. The molecule has 0 saturated heterocycles. The zero-order chi connectivity index (χ0) is 29.0. The predicted molar refractivity (Wildman–Crippen MR) is 172 cm³/mol. The van der Waals surface area contributed by atoms with Gasteiger partial charge >= 0.3 is 0 Å². The van der Waals surface area contributed by atoms with E-state index in [-0.39, 0.29) is 10.7 Å². The molecule has 1 fully saturated rings. The standard InChI is InChI=1S/C35H38ClNO3S/c1-34(2,40)30-9-4-3-7-25(30)13-17-32(41-23-35(18-19-35)22-33(38)39)27-8-5-6-24(20-27)10-15-29-16-12-26-11-14-28(36)21-31(26)37-29/h3-12,14-16,20-21,32-33,38-40H,13,17-19,22-23H2,1-2H3/b15-10+/t32-/m1/s1. The van der Waals surface area contributed by atoms with Crippen molar-refractivity contribution in [1.29, 1.82) is 0 Å². The van der Waals surface area contributed by atoms with Crippen LogP contribution >= 0.6 is 23.4 Å². The highest BCUT2D eigenvalue weighted by Crippen LogP contribution is 2.54. The molecule has 0 unspecified atom stereocenters. The first-order valence-corrected chi connectivity index (χ1v) is 15.7. The van der Waals surface area contributed by atoms with E-state index in [0.717, 1.165) is 64.7 Å². The van der Waals surface area contributed by atoms with Gasteiger partial charge in [-0.25, -0.2) is 4.98 Å². The number of pyridine rings is 1.